The molecule has 1 saturated carbocycles. The summed E-state index contributed by atoms with van der Waals surface area (Å²) in [7, 11) is 1.36. The van der Waals surface area contributed by atoms with Crippen molar-refractivity contribution in [1.82, 2.24) is 4.98 Å². The van der Waals surface area contributed by atoms with Crippen molar-refractivity contribution in [1.29, 1.82) is 0 Å². The highest BCUT2D eigenvalue weighted by Gasteiger charge is 2.33. The summed E-state index contributed by atoms with van der Waals surface area (Å²) in [5, 5.41) is 1.77. The van der Waals surface area contributed by atoms with Gasteiger partial charge in [0.25, 0.3) is 0 Å². The summed E-state index contributed by atoms with van der Waals surface area (Å²) >= 11 is 0. The molecule has 0 atom stereocenters. The van der Waals surface area contributed by atoms with Gasteiger partial charge in [0.1, 0.15) is 11.2 Å². The third-order valence-electron chi connectivity index (χ3n) is 7.53. The number of methoxy groups -OCH3 is 1. The third-order valence-corrected chi connectivity index (χ3v) is 7.53. The van der Waals surface area contributed by atoms with Crippen LogP contribution in [0.3, 0.4) is 0 Å². The van der Waals surface area contributed by atoms with Crippen molar-refractivity contribution < 1.29 is 18.7 Å². The Morgan fingerprint density at radius 1 is 1.00 bits per heavy atom. The Bertz CT molecular complexity index is 1490. The number of aromatic nitrogens is 1. The largest absolute Gasteiger partial charge is 0.465 e. The molecule has 0 N–H and O–H groups in total. The lowest BCUT2D eigenvalue weighted by molar-refractivity contribution is -0.123. The average Bonchev–Trinajstić information content (AvgIpc) is 3.28. The van der Waals surface area contributed by atoms with E-state index in [9.17, 15) is 9.59 Å². The maximum absolute atomic E-state index is 13.9. The normalized spacial score (nSPS) is 17.9. The highest BCUT2D eigenvalue weighted by molar-refractivity contribution is 6.12. The Kier molecular flexibility index (Phi) is 7.32. The molecule has 1 aliphatic carbocycles. The Morgan fingerprint density at radius 2 is 1.76 bits per heavy atom. The standard InChI is InChI=1S/C32H34N2O4/c1-20(2)34(31(35)23-12-8-21(3)9-13-23)28-18-26-25-17-22(10-14-24-7-5-6-16-33-24)11-15-29(25)38-30(26)19-27(28)32(36)37-4/h5-7,10-11,14-21,23H,8-9,12-13H2,1-4H3. The number of ether oxygens (including phenoxy) is 1. The van der Waals surface area contributed by atoms with Crippen LogP contribution in [0.5, 0.6) is 0 Å². The van der Waals surface area contributed by atoms with Gasteiger partial charge in [-0.15, -0.1) is 0 Å². The van der Waals surface area contributed by atoms with Crippen molar-refractivity contribution >= 4 is 51.7 Å². The van der Waals surface area contributed by atoms with Crippen LogP contribution >= 0.6 is 0 Å². The van der Waals surface area contributed by atoms with Gasteiger partial charge in [0.2, 0.25) is 5.91 Å². The van der Waals surface area contributed by atoms with Gasteiger partial charge < -0.3 is 14.1 Å². The SMILES string of the molecule is COC(=O)c1cc2oc3ccc(C=Cc4ccccn4)cc3c2cc1N(C(=O)C1CCC(C)CC1)C(C)C. The lowest BCUT2D eigenvalue weighted by atomic mass is 9.82. The molecule has 0 spiro atoms. The number of anilines is 1. The number of hydrogen-bond acceptors (Lipinski definition) is 5. The molecule has 0 saturated heterocycles. The summed E-state index contributed by atoms with van der Waals surface area (Å²) in [5.41, 5.74) is 4.07. The smallest absolute Gasteiger partial charge is 0.340 e. The van der Waals surface area contributed by atoms with Crippen molar-refractivity contribution in [3.63, 3.8) is 0 Å². The van der Waals surface area contributed by atoms with Crippen LogP contribution in [-0.4, -0.2) is 30.0 Å². The fourth-order valence-electron chi connectivity index (χ4n) is 5.42. The van der Waals surface area contributed by atoms with Crippen LogP contribution in [0.2, 0.25) is 0 Å². The monoisotopic (exact) mass is 510 g/mol. The molecule has 196 valence electrons. The maximum atomic E-state index is 13.9. The van der Waals surface area contributed by atoms with Crippen LogP contribution in [0.1, 0.15) is 68.1 Å². The summed E-state index contributed by atoms with van der Waals surface area (Å²) in [5.74, 6) is 0.186. The van der Waals surface area contributed by atoms with Gasteiger partial charge in [-0.25, -0.2) is 4.79 Å². The van der Waals surface area contributed by atoms with Gasteiger partial charge in [0.15, 0.2) is 0 Å². The van der Waals surface area contributed by atoms with E-state index in [0.29, 0.717) is 28.3 Å². The van der Waals surface area contributed by atoms with Gasteiger partial charge >= 0.3 is 5.97 Å². The summed E-state index contributed by atoms with van der Waals surface area (Å²) in [6, 6.07) is 15.3. The van der Waals surface area contributed by atoms with Crippen LogP contribution in [0, 0.1) is 11.8 Å². The lowest BCUT2D eigenvalue weighted by Gasteiger charge is -2.34. The number of pyridine rings is 1. The number of esters is 1. The number of carbonyl (C=O) groups excluding carboxylic acids is 2. The van der Waals surface area contributed by atoms with Crippen molar-refractivity contribution in [2.45, 2.75) is 52.5 Å². The first-order chi connectivity index (χ1) is 18.4. The molecule has 6 heteroatoms. The second-order valence-electron chi connectivity index (χ2n) is 10.6. The first kappa shape index (κ1) is 25.7. The molecule has 0 unspecified atom stereocenters. The zero-order valence-corrected chi connectivity index (χ0v) is 22.4. The number of furan rings is 1. The minimum atomic E-state index is -0.489. The van der Waals surface area contributed by atoms with E-state index < -0.39 is 5.97 Å². The molecule has 4 aromatic rings. The van der Waals surface area contributed by atoms with Crippen molar-refractivity contribution in [3.05, 3.63) is 71.5 Å². The van der Waals surface area contributed by atoms with Crippen molar-refractivity contribution in [2.24, 2.45) is 11.8 Å². The highest BCUT2D eigenvalue weighted by Crippen LogP contribution is 2.38. The van der Waals surface area contributed by atoms with Gasteiger partial charge in [-0.05, 0) is 93.5 Å². The second kappa shape index (κ2) is 10.8. The predicted octanol–water partition coefficient (Wildman–Crippen LogP) is 7.51. The Balaban J connectivity index is 1.61. The molecular weight excluding hydrogens is 476 g/mol. The maximum Gasteiger partial charge on any atom is 0.340 e. The predicted molar refractivity (Wildman–Crippen MR) is 152 cm³/mol. The van der Waals surface area contributed by atoms with Gasteiger partial charge in [-0.2, -0.15) is 0 Å². The number of benzene rings is 2. The van der Waals surface area contributed by atoms with Gasteiger partial charge in [0.05, 0.1) is 24.1 Å². The van der Waals surface area contributed by atoms with E-state index in [2.05, 4.69) is 18.0 Å². The van der Waals surface area contributed by atoms with Crippen LogP contribution < -0.4 is 4.90 Å². The summed E-state index contributed by atoms with van der Waals surface area (Å²) in [6.07, 6.45) is 9.59. The first-order valence-corrected chi connectivity index (χ1v) is 13.4. The van der Waals surface area contributed by atoms with E-state index in [1.165, 1.54) is 7.11 Å². The molecule has 1 amide bonds. The molecule has 5 rings (SSSR count). The molecule has 2 aromatic heterocycles. The molecule has 2 heterocycles. The molecule has 1 aliphatic rings. The van der Waals surface area contributed by atoms with Crippen LogP contribution in [-0.2, 0) is 9.53 Å². The molecule has 1 fully saturated rings. The third kappa shape index (κ3) is 5.08. The molecule has 0 radical (unpaired) electrons. The van der Waals surface area contributed by atoms with E-state index in [0.717, 1.165) is 47.7 Å². The molecular formula is C32H34N2O4. The summed E-state index contributed by atoms with van der Waals surface area (Å²) < 4.78 is 11.3. The van der Waals surface area contributed by atoms with Crippen LogP contribution in [0.25, 0.3) is 34.1 Å². The quantitative estimate of drug-likeness (QED) is 0.251. The lowest BCUT2D eigenvalue weighted by Crippen LogP contribution is -2.43. The first-order valence-electron chi connectivity index (χ1n) is 13.4. The van der Waals surface area contributed by atoms with E-state index in [4.69, 9.17) is 9.15 Å². The second-order valence-corrected chi connectivity index (χ2v) is 10.6. The van der Waals surface area contributed by atoms with Gasteiger partial charge in [-0.3, -0.25) is 9.78 Å². The molecule has 38 heavy (non-hydrogen) atoms. The molecule has 0 bridgehead atoms. The Labute approximate surface area is 223 Å². The van der Waals surface area contributed by atoms with Crippen LogP contribution in [0.15, 0.2) is 59.1 Å². The Hall–Kier alpha value is -3.93. The summed E-state index contributed by atoms with van der Waals surface area (Å²) in [4.78, 5) is 32.9. The minimum absolute atomic E-state index is 0.0424. The number of amides is 1. The number of hydrogen-bond donors (Lipinski definition) is 0. The van der Waals surface area contributed by atoms with E-state index in [-0.39, 0.29) is 17.9 Å². The average molecular weight is 511 g/mol. The topological polar surface area (TPSA) is 72.6 Å². The van der Waals surface area contributed by atoms with E-state index in [1.54, 1.807) is 17.2 Å². The van der Waals surface area contributed by atoms with E-state index in [1.807, 2.05) is 62.4 Å². The number of rotatable bonds is 6. The molecule has 6 nitrogen and oxygen atoms in total. The fraction of sp³-hybridized carbons (Fsp3) is 0.344. The van der Waals surface area contributed by atoms with Gasteiger partial charge in [-0.1, -0.05) is 25.1 Å². The zero-order chi connectivity index (χ0) is 26.8. The summed E-state index contributed by atoms with van der Waals surface area (Å²) in [6.45, 7) is 6.22. The van der Waals surface area contributed by atoms with Crippen molar-refractivity contribution in [3.8, 4) is 0 Å². The van der Waals surface area contributed by atoms with E-state index >= 15 is 0 Å². The van der Waals surface area contributed by atoms with Gasteiger partial charge in [0, 0.05) is 28.9 Å². The number of carbonyl (C=O) groups is 2. The zero-order valence-electron chi connectivity index (χ0n) is 22.4. The number of fused-ring (bicyclic) bond motifs is 3. The van der Waals surface area contributed by atoms with Crippen molar-refractivity contribution in [2.75, 3.05) is 12.0 Å². The molecule has 2 aromatic carbocycles. The van der Waals surface area contributed by atoms with Crippen LogP contribution in [0.4, 0.5) is 5.69 Å². The minimum Gasteiger partial charge on any atom is -0.465 e. The fourth-order valence-corrected chi connectivity index (χ4v) is 5.42. The number of nitrogens with zero attached hydrogens (tertiary/aromatic N) is 2. The molecule has 0 aliphatic heterocycles. The Morgan fingerprint density at radius 3 is 2.45 bits per heavy atom. The highest BCUT2D eigenvalue weighted by atomic mass is 16.5.